The third-order valence-corrected chi connectivity index (χ3v) is 5.39. The fraction of sp³-hybridized carbons (Fsp3) is 0. The van der Waals surface area contributed by atoms with E-state index in [1.54, 1.807) is 24.3 Å². The molecule has 0 unspecified atom stereocenters. The lowest BCUT2D eigenvalue weighted by Crippen LogP contribution is -2.12. The number of halogens is 3. The average molecular weight is 434 g/mol. The minimum Gasteiger partial charge on any atom is -0.478 e. The summed E-state index contributed by atoms with van der Waals surface area (Å²) in [5.74, 6) is -4.63. The van der Waals surface area contributed by atoms with Crippen molar-refractivity contribution in [2.24, 2.45) is 0 Å². The Morgan fingerprint density at radius 3 is 2.55 bits per heavy atom. The van der Waals surface area contributed by atoms with Crippen LogP contribution in [0.2, 0.25) is 5.02 Å². The summed E-state index contributed by atoms with van der Waals surface area (Å²) in [5.41, 5.74) is -0.206. The molecular weight excluding hydrogens is 424 g/mol. The third-order valence-electron chi connectivity index (χ3n) is 4.21. The summed E-state index contributed by atoms with van der Waals surface area (Å²) in [5, 5.41) is 13.6. The summed E-state index contributed by atoms with van der Waals surface area (Å²) in [6, 6.07) is 10.8. The number of anilines is 1. The van der Waals surface area contributed by atoms with Gasteiger partial charge in [0, 0.05) is 21.9 Å². The maximum Gasteiger partial charge on any atom is 0.339 e. The van der Waals surface area contributed by atoms with Crippen LogP contribution >= 0.6 is 22.9 Å². The maximum absolute atomic E-state index is 14.3. The Morgan fingerprint density at radius 1 is 1.07 bits per heavy atom. The molecule has 0 bridgehead atoms. The molecule has 2 aromatic carbocycles. The molecule has 0 saturated carbocycles. The Balaban J connectivity index is 1.73. The molecular formula is C20H10ClF2NO4S. The first kappa shape index (κ1) is 19.1. The number of para-hydroxylation sites is 1. The monoisotopic (exact) mass is 433 g/mol. The van der Waals surface area contributed by atoms with Crippen molar-refractivity contribution in [3.8, 4) is 11.1 Å². The van der Waals surface area contributed by atoms with E-state index in [4.69, 9.17) is 16.0 Å². The van der Waals surface area contributed by atoms with Crippen molar-refractivity contribution in [2.45, 2.75) is 0 Å². The minimum absolute atomic E-state index is 0.0128. The fourth-order valence-electron chi connectivity index (χ4n) is 2.85. The molecule has 9 heteroatoms. The first-order valence-electron chi connectivity index (χ1n) is 8.15. The van der Waals surface area contributed by atoms with Gasteiger partial charge in [0.05, 0.1) is 5.02 Å². The van der Waals surface area contributed by atoms with E-state index in [0.29, 0.717) is 11.0 Å². The molecule has 4 aromatic rings. The van der Waals surface area contributed by atoms with Crippen molar-refractivity contribution in [1.29, 1.82) is 0 Å². The second-order valence-electron chi connectivity index (χ2n) is 5.98. The van der Waals surface area contributed by atoms with Crippen LogP contribution in [-0.2, 0) is 0 Å². The number of benzene rings is 2. The van der Waals surface area contributed by atoms with Crippen LogP contribution in [0.1, 0.15) is 20.9 Å². The maximum atomic E-state index is 14.3. The van der Waals surface area contributed by atoms with Crippen LogP contribution in [0.3, 0.4) is 0 Å². The smallest absolute Gasteiger partial charge is 0.339 e. The number of thiophene rings is 1. The van der Waals surface area contributed by atoms with E-state index >= 15 is 0 Å². The van der Waals surface area contributed by atoms with Crippen LogP contribution in [0.25, 0.3) is 22.1 Å². The van der Waals surface area contributed by atoms with Gasteiger partial charge in [-0.2, -0.15) is 0 Å². The first-order chi connectivity index (χ1) is 13.9. The summed E-state index contributed by atoms with van der Waals surface area (Å²) in [6.45, 7) is 0. The molecule has 0 aliphatic rings. The van der Waals surface area contributed by atoms with Gasteiger partial charge < -0.3 is 14.8 Å². The number of carbonyl (C=O) groups is 2. The summed E-state index contributed by atoms with van der Waals surface area (Å²) in [4.78, 5) is 24.3. The topological polar surface area (TPSA) is 79.5 Å². The Labute approximate surface area is 171 Å². The Morgan fingerprint density at radius 2 is 1.83 bits per heavy atom. The van der Waals surface area contributed by atoms with Crippen LogP contribution in [0.5, 0.6) is 0 Å². The molecule has 4 rings (SSSR count). The summed E-state index contributed by atoms with van der Waals surface area (Å²) < 4.78 is 33.6. The molecule has 2 N–H and O–H groups in total. The quantitative estimate of drug-likeness (QED) is 0.384. The van der Waals surface area contributed by atoms with Gasteiger partial charge in [0.25, 0.3) is 5.91 Å². The Hall–Kier alpha value is -3.23. The summed E-state index contributed by atoms with van der Waals surface area (Å²) in [7, 11) is 0. The standard InChI is InChI=1S/C20H10ClF2NO4S/c21-12-6-5-10(16(22)17(12)23)11-8-29-19(15(11)20(26)27)24-18(25)14-7-9-3-1-2-4-13(9)28-14/h1-8H,(H,24,25)(H,26,27). The van der Waals surface area contributed by atoms with Gasteiger partial charge in [0.2, 0.25) is 0 Å². The molecule has 0 radical (unpaired) electrons. The van der Waals surface area contributed by atoms with Crippen LogP contribution < -0.4 is 5.32 Å². The number of carboxylic acids is 1. The lowest BCUT2D eigenvalue weighted by molar-refractivity contribution is 0.0699. The molecule has 0 aliphatic carbocycles. The van der Waals surface area contributed by atoms with Crippen LogP contribution in [0.4, 0.5) is 13.8 Å². The predicted octanol–water partition coefficient (Wildman–Crippen LogP) is 6.04. The number of furan rings is 1. The molecule has 1 amide bonds. The zero-order valence-corrected chi connectivity index (χ0v) is 15.9. The molecule has 0 atom stereocenters. The molecule has 5 nitrogen and oxygen atoms in total. The van der Waals surface area contributed by atoms with Crippen LogP contribution in [-0.4, -0.2) is 17.0 Å². The normalized spacial score (nSPS) is 11.0. The summed E-state index contributed by atoms with van der Waals surface area (Å²) in [6.07, 6.45) is 0. The number of hydrogen-bond donors (Lipinski definition) is 2. The highest BCUT2D eigenvalue weighted by molar-refractivity contribution is 7.15. The highest BCUT2D eigenvalue weighted by Gasteiger charge is 2.25. The number of aromatic carboxylic acids is 1. The average Bonchev–Trinajstić information content (AvgIpc) is 3.30. The second-order valence-corrected chi connectivity index (χ2v) is 7.27. The Kier molecular flexibility index (Phi) is 4.81. The van der Waals surface area contributed by atoms with E-state index in [0.717, 1.165) is 17.4 Å². The number of carboxylic acid groups (broad SMARTS) is 1. The van der Waals surface area contributed by atoms with Gasteiger partial charge in [0.15, 0.2) is 17.4 Å². The first-order valence-corrected chi connectivity index (χ1v) is 9.41. The molecule has 146 valence electrons. The van der Waals surface area contributed by atoms with Crippen molar-refractivity contribution < 1.29 is 27.9 Å². The van der Waals surface area contributed by atoms with Crippen LogP contribution in [0.15, 0.2) is 52.3 Å². The third kappa shape index (κ3) is 3.37. The van der Waals surface area contributed by atoms with E-state index < -0.39 is 28.5 Å². The largest absolute Gasteiger partial charge is 0.478 e. The number of fused-ring (bicyclic) bond motifs is 1. The molecule has 0 saturated heterocycles. The minimum atomic E-state index is -1.41. The zero-order chi connectivity index (χ0) is 20.7. The zero-order valence-electron chi connectivity index (χ0n) is 14.3. The van der Waals surface area contributed by atoms with E-state index in [-0.39, 0.29) is 27.5 Å². The molecule has 0 aliphatic heterocycles. The molecule has 2 heterocycles. The van der Waals surface area contributed by atoms with E-state index in [1.807, 2.05) is 0 Å². The van der Waals surface area contributed by atoms with Gasteiger partial charge in [-0.05, 0) is 24.3 Å². The van der Waals surface area contributed by atoms with E-state index in [9.17, 15) is 23.5 Å². The number of amides is 1. The molecule has 2 aromatic heterocycles. The van der Waals surface area contributed by atoms with E-state index in [1.165, 1.54) is 17.5 Å². The van der Waals surface area contributed by atoms with Gasteiger partial charge in [-0.15, -0.1) is 11.3 Å². The van der Waals surface area contributed by atoms with Gasteiger partial charge in [-0.25, -0.2) is 13.6 Å². The van der Waals surface area contributed by atoms with E-state index in [2.05, 4.69) is 5.32 Å². The van der Waals surface area contributed by atoms with Gasteiger partial charge >= 0.3 is 5.97 Å². The SMILES string of the molecule is O=C(Nc1scc(-c2ccc(Cl)c(F)c2F)c1C(=O)O)c1cc2ccccc2o1. The lowest BCUT2D eigenvalue weighted by Gasteiger charge is -2.07. The van der Waals surface area contributed by atoms with Crippen molar-refractivity contribution >= 4 is 50.8 Å². The highest BCUT2D eigenvalue weighted by atomic mass is 35.5. The number of carbonyl (C=O) groups excluding carboxylic acids is 1. The summed E-state index contributed by atoms with van der Waals surface area (Å²) >= 11 is 6.43. The van der Waals surface area contributed by atoms with Crippen molar-refractivity contribution in [2.75, 3.05) is 5.32 Å². The molecule has 29 heavy (non-hydrogen) atoms. The second kappa shape index (κ2) is 7.31. The number of hydrogen-bond acceptors (Lipinski definition) is 4. The van der Waals surface area contributed by atoms with Crippen molar-refractivity contribution in [3.05, 3.63) is 75.8 Å². The highest BCUT2D eigenvalue weighted by Crippen LogP contribution is 2.38. The van der Waals surface area contributed by atoms with Gasteiger partial charge in [-0.3, -0.25) is 4.79 Å². The van der Waals surface area contributed by atoms with Gasteiger partial charge in [-0.1, -0.05) is 29.8 Å². The predicted molar refractivity (Wildman–Crippen MR) is 106 cm³/mol. The number of rotatable bonds is 4. The lowest BCUT2D eigenvalue weighted by atomic mass is 10.0. The fourth-order valence-corrected chi connectivity index (χ4v) is 3.95. The van der Waals surface area contributed by atoms with Crippen molar-refractivity contribution in [3.63, 3.8) is 0 Å². The van der Waals surface area contributed by atoms with Crippen LogP contribution in [0, 0.1) is 11.6 Å². The van der Waals surface area contributed by atoms with Gasteiger partial charge in [0.1, 0.15) is 16.1 Å². The number of nitrogens with one attached hydrogen (secondary N) is 1. The van der Waals surface area contributed by atoms with Crippen molar-refractivity contribution in [1.82, 2.24) is 0 Å². The molecule has 0 spiro atoms. The molecule has 0 fully saturated rings. The Bertz CT molecular complexity index is 1250.